The summed E-state index contributed by atoms with van der Waals surface area (Å²) >= 11 is 0. The number of hydrogen-bond donors (Lipinski definition) is 1. The average molecular weight is 501 g/mol. The molecule has 0 aliphatic heterocycles. The first-order valence-electron chi connectivity index (χ1n) is 11.8. The van der Waals surface area contributed by atoms with Crippen molar-refractivity contribution in [2.75, 3.05) is 13.8 Å². The van der Waals surface area contributed by atoms with Crippen LogP contribution in [-0.2, 0) is 6.54 Å². The van der Waals surface area contributed by atoms with Gasteiger partial charge in [-0.15, -0.1) is 5.10 Å². The number of aliphatic imine (C=N–C) groups is 1. The van der Waals surface area contributed by atoms with Gasteiger partial charge >= 0.3 is 0 Å². The number of fused-ring (bicyclic) bond motifs is 2. The molecule has 0 spiro atoms. The van der Waals surface area contributed by atoms with Crippen LogP contribution in [0, 0.1) is 24.5 Å². The fourth-order valence-electron chi connectivity index (χ4n) is 4.87. The predicted octanol–water partition coefficient (Wildman–Crippen LogP) is 4.95. The molecule has 1 fully saturated rings. The SMILES string of the molecule is COc1nc(/N=C/C2CCC(C)(O)CC2)nn2cc(F)c(-c3cc(F)c4nc(C)n(CCF)c4c3)c12. The van der Waals surface area contributed by atoms with E-state index in [1.54, 1.807) is 23.8 Å². The quantitative estimate of drug-likeness (QED) is 0.378. The van der Waals surface area contributed by atoms with Gasteiger partial charge in [-0.3, -0.25) is 0 Å². The third-order valence-electron chi connectivity index (χ3n) is 6.84. The van der Waals surface area contributed by atoms with Crippen molar-refractivity contribution < 1.29 is 23.0 Å². The normalized spacial score (nSPS) is 20.7. The molecule has 0 bridgehead atoms. The smallest absolute Gasteiger partial charge is 0.270 e. The molecule has 0 saturated heterocycles. The minimum atomic E-state index is -0.648. The van der Waals surface area contributed by atoms with Gasteiger partial charge in [0.25, 0.3) is 5.95 Å². The first-order chi connectivity index (χ1) is 17.2. The third-order valence-corrected chi connectivity index (χ3v) is 6.84. The Labute approximate surface area is 205 Å². The highest BCUT2D eigenvalue weighted by Gasteiger charge is 2.28. The Balaban J connectivity index is 1.57. The zero-order chi connectivity index (χ0) is 25.6. The Morgan fingerprint density at radius 1 is 1.22 bits per heavy atom. The lowest BCUT2D eigenvalue weighted by atomic mass is 9.80. The molecule has 3 aromatic heterocycles. The molecule has 1 saturated carbocycles. The Kier molecular flexibility index (Phi) is 6.19. The van der Waals surface area contributed by atoms with E-state index < -0.39 is 23.9 Å². The van der Waals surface area contributed by atoms with E-state index in [9.17, 15) is 13.9 Å². The molecule has 11 heteroatoms. The molecular formula is C25H27F3N6O2. The number of aliphatic hydroxyl groups is 1. The maximum Gasteiger partial charge on any atom is 0.270 e. The molecule has 190 valence electrons. The Bertz CT molecular complexity index is 1470. The first-order valence-corrected chi connectivity index (χ1v) is 11.8. The minimum absolute atomic E-state index is 0.0105. The summed E-state index contributed by atoms with van der Waals surface area (Å²) in [6.07, 6.45) is 5.88. The summed E-state index contributed by atoms with van der Waals surface area (Å²) in [5.74, 6) is -0.474. The second-order valence-corrected chi connectivity index (χ2v) is 9.50. The van der Waals surface area contributed by atoms with Crippen LogP contribution < -0.4 is 4.74 Å². The number of ether oxygens (including phenoxy) is 1. The minimum Gasteiger partial charge on any atom is -0.479 e. The van der Waals surface area contributed by atoms with E-state index in [4.69, 9.17) is 4.74 Å². The number of halogens is 3. The van der Waals surface area contributed by atoms with Crippen molar-refractivity contribution >= 4 is 28.7 Å². The molecule has 0 radical (unpaired) electrons. The molecule has 5 rings (SSSR count). The van der Waals surface area contributed by atoms with Crippen molar-refractivity contribution in [1.82, 2.24) is 24.1 Å². The van der Waals surface area contributed by atoms with Crippen molar-refractivity contribution in [2.45, 2.75) is 51.7 Å². The molecule has 1 aliphatic rings. The number of aromatic nitrogens is 5. The number of benzene rings is 1. The van der Waals surface area contributed by atoms with E-state index in [2.05, 4.69) is 20.1 Å². The third kappa shape index (κ3) is 4.32. The number of methoxy groups -OCH3 is 1. The largest absolute Gasteiger partial charge is 0.479 e. The molecule has 1 N–H and O–H groups in total. The van der Waals surface area contributed by atoms with Crippen molar-refractivity contribution in [1.29, 1.82) is 0 Å². The molecule has 1 aromatic carbocycles. The summed E-state index contributed by atoms with van der Waals surface area (Å²) in [6, 6.07) is 2.77. The zero-order valence-corrected chi connectivity index (χ0v) is 20.3. The summed E-state index contributed by atoms with van der Waals surface area (Å²) in [5, 5.41) is 14.5. The van der Waals surface area contributed by atoms with Crippen LogP contribution in [0.4, 0.5) is 19.1 Å². The van der Waals surface area contributed by atoms with Crippen molar-refractivity contribution in [3.05, 3.63) is 35.8 Å². The molecule has 36 heavy (non-hydrogen) atoms. The second-order valence-electron chi connectivity index (χ2n) is 9.50. The lowest BCUT2D eigenvalue weighted by molar-refractivity contribution is 0.0163. The molecule has 4 aromatic rings. The highest BCUT2D eigenvalue weighted by Crippen LogP contribution is 2.37. The van der Waals surface area contributed by atoms with Crippen molar-refractivity contribution in [3.63, 3.8) is 0 Å². The number of hydrogen-bond acceptors (Lipinski definition) is 6. The lowest BCUT2D eigenvalue weighted by Gasteiger charge is -2.31. The number of aryl methyl sites for hydroxylation is 2. The summed E-state index contributed by atoms with van der Waals surface area (Å²) in [6.45, 7) is 2.86. The standard InChI is InChI=1S/C25H27F3N6O2/c1-14-30-21-17(27)10-16(11-19(21)33(14)9-8-26)20-18(28)13-34-22(20)23(36-3)31-24(32-34)29-12-15-4-6-25(2,35)7-5-15/h10-13,15,35H,4-9H2,1-3H3/b29-12+. The number of rotatable bonds is 6. The average Bonchev–Trinajstić information content (AvgIpc) is 3.34. The molecule has 0 unspecified atom stereocenters. The first kappa shape index (κ1) is 24.2. The van der Waals surface area contributed by atoms with E-state index in [-0.39, 0.29) is 46.5 Å². The highest BCUT2D eigenvalue weighted by atomic mass is 19.1. The Morgan fingerprint density at radius 2 is 1.97 bits per heavy atom. The van der Waals surface area contributed by atoms with Crippen LogP contribution in [0.2, 0.25) is 0 Å². The van der Waals surface area contributed by atoms with Crippen LogP contribution in [0.5, 0.6) is 5.88 Å². The van der Waals surface area contributed by atoms with E-state index in [1.165, 1.54) is 17.7 Å². The van der Waals surface area contributed by atoms with E-state index >= 15 is 4.39 Å². The summed E-state index contributed by atoms with van der Waals surface area (Å²) in [4.78, 5) is 12.9. The van der Waals surface area contributed by atoms with Crippen LogP contribution in [0.1, 0.15) is 38.4 Å². The van der Waals surface area contributed by atoms with Gasteiger partial charge < -0.3 is 14.4 Å². The van der Waals surface area contributed by atoms with Gasteiger partial charge in [-0.05, 0) is 63.1 Å². The van der Waals surface area contributed by atoms with Gasteiger partial charge in [0.2, 0.25) is 5.88 Å². The number of alkyl halides is 1. The molecule has 8 nitrogen and oxygen atoms in total. The van der Waals surface area contributed by atoms with Gasteiger partial charge in [0.15, 0.2) is 11.6 Å². The van der Waals surface area contributed by atoms with E-state index in [1.807, 2.05) is 6.92 Å². The molecule has 0 atom stereocenters. The van der Waals surface area contributed by atoms with Crippen molar-refractivity contribution in [3.8, 4) is 17.0 Å². The Hall–Kier alpha value is -3.47. The predicted molar refractivity (Wildman–Crippen MR) is 130 cm³/mol. The monoisotopic (exact) mass is 500 g/mol. The van der Waals surface area contributed by atoms with Crippen LogP contribution in [0.15, 0.2) is 23.3 Å². The van der Waals surface area contributed by atoms with Crippen LogP contribution in [0.3, 0.4) is 0 Å². The van der Waals surface area contributed by atoms with Crippen LogP contribution in [0.25, 0.3) is 27.7 Å². The maximum absolute atomic E-state index is 15.3. The van der Waals surface area contributed by atoms with Crippen LogP contribution >= 0.6 is 0 Å². The fraction of sp³-hybridized carbons (Fsp3) is 0.440. The molecular weight excluding hydrogens is 473 g/mol. The lowest BCUT2D eigenvalue weighted by Crippen LogP contribution is -2.30. The van der Waals surface area contributed by atoms with Gasteiger partial charge in [0.1, 0.15) is 23.5 Å². The van der Waals surface area contributed by atoms with Gasteiger partial charge in [-0.25, -0.2) is 27.7 Å². The summed E-state index contributed by atoms with van der Waals surface area (Å²) in [7, 11) is 1.40. The summed E-state index contributed by atoms with van der Waals surface area (Å²) < 4.78 is 51.6. The topological polar surface area (TPSA) is 89.8 Å². The molecule has 3 heterocycles. The van der Waals surface area contributed by atoms with E-state index in [0.717, 1.165) is 19.0 Å². The van der Waals surface area contributed by atoms with Gasteiger partial charge in [-0.1, -0.05) is 0 Å². The number of imidazole rings is 1. The van der Waals surface area contributed by atoms with Crippen LogP contribution in [-0.4, -0.2) is 54.9 Å². The van der Waals surface area contributed by atoms with Gasteiger partial charge in [0.05, 0.1) is 36.5 Å². The van der Waals surface area contributed by atoms with Gasteiger partial charge in [0, 0.05) is 6.21 Å². The fourth-order valence-corrected chi connectivity index (χ4v) is 4.87. The second kappa shape index (κ2) is 9.20. The van der Waals surface area contributed by atoms with Crippen molar-refractivity contribution in [2.24, 2.45) is 10.9 Å². The maximum atomic E-state index is 15.3. The summed E-state index contributed by atoms with van der Waals surface area (Å²) in [5.41, 5.74) is 0.321. The highest BCUT2D eigenvalue weighted by molar-refractivity contribution is 5.90. The van der Waals surface area contributed by atoms with E-state index in [0.29, 0.717) is 24.2 Å². The molecule has 0 amide bonds. The number of nitrogens with zero attached hydrogens (tertiary/aromatic N) is 6. The Morgan fingerprint density at radius 3 is 2.67 bits per heavy atom. The van der Waals surface area contributed by atoms with Gasteiger partial charge in [-0.2, -0.15) is 4.98 Å². The molecule has 1 aliphatic carbocycles. The zero-order valence-electron chi connectivity index (χ0n) is 20.3.